The van der Waals surface area contributed by atoms with E-state index in [1.807, 2.05) is 0 Å². The van der Waals surface area contributed by atoms with Crippen LogP contribution in [0.15, 0.2) is 24.4 Å². The molecule has 12 heavy (non-hydrogen) atoms. The standard InChI is InChI=1S/C10H16N.ClH/c1-3-4-8-11-9-6-5-7-10(11)2;/h5-7,9H,3-4,8H2,1-2H3;1H/q+1;/p-1. The zero-order valence-corrected chi connectivity index (χ0v) is 8.51. The Morgan fingerprint density at radius 3 is 2.67 bits per heavy atom. The summed E-state index contributed by atoms with van der Waals surface area (Å²) < 4.78 is 2.30. The molecule has 0 spiro atoms. The van der Waals surface area contributed by atoms with Crippen molar-refractivity contribution in [2.24, 2.45) is 0 Å². The molecule has 2 heteroatoms. The van der Waals surface area contributed by atoms with Gasteiger partial charge in [0.25, 0.3) is 0 Å². The van der Waals surface area contributed by atoms with Gasteiger partial charge in [0.15, 0.2) is 11.9 Å². The van der Waals surface area contributed by atoms with E-state index in [4.69, 9.17) is 0 Å². The Morgan fingerprint density at radius 1 is 1.33 bits per heavy atom. The number of aryl methyl sites for hydroxylation is 2. The molecule has 0 aliphatic carbocycles. The molecule has 0 aliphatic heterocycles. The van der Waals surface area contributed by atoms with E-state index in [1.165, 1.54) is 18.5 Å². The fourth-order valence-electron chi connectivity index (χ4n) is 1.14. The van der Waals surface area contributed by atoms with Crippen LogP contribution in [0.1, 0.15) is 25.5 Å². The Hall–Kier alpha value is -0.560. The average molecular weight is 186 g/mol. The zero-order chi connectivity index (χ0) is 8.10. The minimum atomic E-state index is 0. The molecular formula is C10H16ClN. The summed E-state index contributed by atoms with van der Waals surface area (Å²) in [5.41, 5.74) is 1.35. The lowest BCUT2D eigenvalue weighted by Crippen LogP contribution is -3.00. The molecule has 0 bridgehead atoms. The Kier molecular flexibility index (Phi) is 5.73. The lowest BCUT2D eigenvalue weighted by Gasteiger charge is -1.97. The van der Waals surface area contributed by atoms with Crippen molar-refractivity contribution in [3.63, 3.8) is 0 Å². The lowest BCUT2D eigenvalue weighted by molar-refractivity contribution is -0.703. The maximum absolute atomic E-state index is 2.30. The Morgan fingerprint density at radius 2 is 2.08 bits per heavy atom. The summed E-state index contributed by atoms with van der Waals surface area (Å²) in [5, 5.41) is 0. The lowest BCUT2D eigenvalue weighted by atomic mass is 10.3. The summed E-state index contributed by atoms with van der Waals surface area (Å²) in [7, 11) is 0. The van der Waals surface area contributed by atoms with Gasteiger partial charge in [0.05, 0.1) is 0 Å². The van der Waals surface area contributed by atoms with Crippen LogP contribution in [-0.2, 0) is 6.54 Å². The van der Waals surface area contributed by atoms with Gasteiger partial charge < -0.3 is 12.4 Å². The third-order valence-electron chi connectivity index (χ3n) is 1.92. The number of pyridine rings is 1. The van der Waals surface area contributed by atoms with Crippen molar-refractivity contribution in [1.82, 2.24) is 0 Å². The highest BCUT2D eigenvalue weighted by atomic mass is 35.5. The first-order valence-corrected chi connectivity index (χ1v) is 4.29. The quantitative estimate of drug-likeness (QED) is 0.537. The second-order valence-corrected chi connectivity index (χ2v) is 2.89. The van der Waals surface area contributed by atoms with Crippen LogP contribution in [0.5, 0.6) is 0 Å². The predicted octanol–water partition coefficient (Wildman–Crippen LogP) is -0.913. The summed E-state index contributed by atoms with van der Waals surface area (Å²) in [4.78, 5) is 0. The van der Waals surface area contributed by atoms with Crippen LogP contribution in [0.25, 0.3) is 0 Å². The van der Waals surface area contributed by atoms with Gasteiger partial charge in [-0.15, -0.1) is 0 Å². The zero-order valence-electron chi connectivity index (χ0n) is 7.76. The second kappa shape index (κ2) is 6.01. The van der Waals surface area contributed by atoms with Crippen molar-refractivity contribution in [2.75, 3.05) is 0 Å². The first kappa shape index (κ1) is 11.4. The largest absolute Gasteiger partial charge is 1.00 e. The smallest absolute Gasteiger partial charge is 0.178 e. The van der Waals surface area contributed by atoms with Crippen molar-refractivity contribution in [3.8, 4) is 0 Å². The monoisotopic (exact) mass is 185 g/mol. The van der Waals surface area contributed by atoms with E-state index >= 15 is 0 Å². The Balaban J connectivity index is 0.00000121. The van der Waals surface area contributed by atoms with Crippen molar-refractivity contribution in [3.05, 3.63) is 30.1 Å². The van der Waals surface area contributed by atoms with Gasteiger partial charge in [-0.1, -0.05) is 19.4 Å². The summed E-state index contributed by atoms with van der Waals surface area (Å²) in [5.74, 6) is 0. The number of aromatic nitrogens is 1. The van der Waals surface area contributed by atoms with Crippen LogP contribution in [0.3, 0.4) is 0 Å². The maximum atomic E-state index is 2.30. The van der Waals surface area contributed by atoms with E-state index in [9.17, 15) is 0 Å². The molecule has 0 atom stereocenters. The molecule has 0 aromatic carbocycles. The van der Waals surface area contributed by atoms with E-state index < -0.39 is 0 Å². The molecule has 1 aromatic rings. The molecule has 0 N–H and O–H groups in total. The minimum Gasteiger partial charge on any atom is -1.00 e. The topological polar surface area (TPSA) is 3.88 Å². The van der Waals surface area contributed by atoms with Gasteiger partial charge in [-0.3, -0.25) is 0 Å². The Labute approximate surface area is 80.8 Å². The van der Waals surface area contributed by atoms with Crippen molar-refractivity contribution in [2.45, 2.75) is 33.2 Å². The van der Waals surface area contributed by atoms with Crippen molar-refractivity contribution >= 4 is 0 Å². The summed E-state index contributed by atoms with van der Waals surface area (Å²) in [6.07, 6.45) is 4.68. The predicted molar refractivity (Wildman–Crippen MR) is 46.3 cm³/mol. The Bertz CT molecular complexity index is 223. The van der Waals surface area contributed by atoms with E-state index in [1.54, 1.807) is 0 Å². The first-order chi connectivity index (χ1) is 5.34. The molecule has 0 unspecified atom stereocenters. The van der Waals surface area contributed by atoms with Crippen molar-refractivity contribution in [1.29, 1.82) is 0 Å². The number of hydrogen-bond acceptors (Lipinski definition) is 0. The molecule has 0 radical (unpaired) electrons. The SMILES string of the molecule is CCCC[n+]1ccccc1C.[Cl-]. The summed E-state index contributed by atoms with van der Waals surface area (Å²) >= 11 is 0. The van der Waals surface area contributed by atoms with Crippen molar-refractivity contribution < 1.29 is 17.0 Å². The van der Waals surface area contributed by atoms with Crippen LogP contribution in [0, 0.1) is 6.92 Å². The number of halogens is 1. The number of hydrogen-bond donors (Lipinski definition) is 0. The van der Waals surface area contributed by atoms with Crippen LogP contribution in [-0.4, -0.2) is 0 Å². The molecule has 1 nitrogen and oxygen atoms in total. The van der Waals surface area contributed by atoms with Gasteiger partial charge in [0, 0.05) is 25.5 Å². The molecule has 0 amide bonds. The maximum Gasteiger partial charge on any atom is 0.178 e. The van der Waals surface area contributed by atoms with Gasteiger partial charge in [0.2, 0.25) is 0 Å². The highest BCUT2D eigenvalue weighted by molar-refractivity contribution is 4.93. The summed E-state index contributed by atoms with van der Waals surface area (Å²) in [6.45, 7) is 5.53. The molecule has 1 heterocycles. The number of nitrogens with zero attached hydrogens (tertiary/aromatic N) is 1. The highest BCUT2D eigenvalue weighted by Crippen LogP contribution is 1.91. The van der Waals surface area contributed by atoms with Crippen LogP contribution >= 0.6 is 0 Å². The molecule has 1 rings (SSSR count). The molecular weight excluding hydrogens is 170 g/mol. The fourth-order valence-corrected chi connectivity index (χ4v) is 1.14. The van der Waals surface area contributed by atoms with Gasteiger partial charge in [-0.05, 0) is 0 Å². The van der Waals surface area contributed by atoms with Gasteiger partial charge in [0.1, 0.15) is 6.54 Å². The van der Waals surface area contributed by atoms with Gasteiger partial charge in [-0.25, -0.2) is 4.57 Å². The minimum absolute atomic E-state index is 0. The third-order valence-corrected chi connectivity index (χ3v) is 1.92. The van der Waals surface area contributed by atoms with E-state index in [0.717, 1.165) is 6.54 Å². The van der Waals surface area contributed by atoms with E-state index in [2.05, 4.69) is 42.8 Å². The van der Waals surface area contributed by atoms with E-state index in [-0.39, 0.29) is 12.4 Å². The van der Waals surface area contributed by atoms with Gasteiger partial charge in [-0.2, -0.15) is 0 Å². The fraction of sp³-hybridized carbons (Fsp3) is 0.500. The summed E-state index contributed by atoms with van der Waals surface area (Å²) in [6, 6.07) is 6.32. The van der Waals surface area contributed by atoms with E-state index in [0.29, 0.717) is 0 Å². The normalized spacial score (nSPS) is 9.17. The van der Waals surface area contributed by atoms with Crippen LogP contribution < -0.4 is 17.0 Å². The van der Waals surface area contributed by atoms with Crippen LogP contribution in [0.4, 0.5) is 0 Å². The third kappa shape index (κ3) is 3.22. The molecule has 0 saturated carbocycles. The van der Waals surface area contributed by atoms with Crippen LogP contribution in [0.2, 0.25) is 0 Å². The molecule has 0 aliphatic rings. The van der Waals surface area contributed by atoms with Gasteiger partial charge >= 0.3 is 0 Å². The highest BCUT2D eigenvalue weighted by Gasteiger charge is 2.01. The average Bonchev–Trinajstić information content (AvgIpc) is 2.03. The second-order valence-electron chi connectivity index (χ2n) is 2.89. The molecule has 1 aromatic heterocycles. The number of unbranched alkanes of at least 4 members (excludes halogenated alkanes) is 1. The molecule has 0 fully saturated rings. The number of rotatable bonds is 3. The first-order valence-electron chi connectivity index (χ1n) is 4.29. The molecule has 68 valence electrons. The molecule has 0 saturated heterocycles.